The quantitative estimate of drug-likeness (QED) is 0.337. The Kier molecular flexibility index (Phi) is 8.34. The first kappa shape index (κ1) is 21.6. The second kappa shape index (κ2) is 11.2. The summed E-state index contributed by atoms with van der Waals surface area (Å²) in [4.78, 5) is 12.6. The Hall–Kier alpha value is -2.09. The molecule has 0 aliphatic heterocycles. The van der Waals surface area contributed by atoms with Gasteiger partial charge in [0.2, 0.25) is 5.91 Å². The van der Waals surface area contributed by atoms with Crippen LogP contribution in [0.1, 0.15) is 24.1 Å². The first-order valence-corrected chi connectivity index (χ1v) is 12.0. The topological polar surface area (TPSA) is 54.9 Å². The van der Waals surface area contributed by atoms with Crippen LogP contribution < -0.4 is 5.32 Å². The number of nitrogens with zero attached hydrogens (tertiary/aromatic N) is 2. The first-order valence-electron chi connectivity index (χ1n) is 9.22. The first-order chi connectivity index (χ1) is 14.1. The van der Waals surface area contributed by atoms with Gasteiger partial charge in [-0.25, -0.2) is 0 Å². The molecule has 0 bridgehead atoms. The van der Waals surface area contributed by atoms with E-state index in [-0.39, 0.29) is 11.9 Å². The Bertz CT molecular complexity index is 929. The lowest BCUT2D eigenvalue weighted by atomic mass is 9.99. The van der Waals surface area contributed by atoms with Gasteiger partial charge in [-0.2, -0.15) is 0 Å². The minimum atomic E-state index is -0.0668. The molecule has 3 aromatic rings. The van der Waals surface area contributed by atoms with Gasteiger partial charge in [-0.1, -0.05) is 108 Å². The van der Waals surface area contributed by atoms with Crippen molar-refractivity contribution in [2.75, 3.05) is 11.5 Å². The Balaban J connectivity index is 1.57. The van der Waals surface area contributed by atoms with E-state index < -0.39 is 0 Å². The second-order valence-corrected chi connectivity index (χ2v) is 10.0. The molecule has 7 heteroatoms. The Labute approximate surface area is 184 Å². The summed E-state index contributed by atoms with van der Waals surface area (Å²) < 4.78 is 1.71. The predicted octanol–water partition coefficient (Wildman–Crippen LogP) is 5.40. The van der Waals surface area contributed by atoms with E-state index in [1.807, 2.05) is 43.3 Å². The highest BCUT2D eigenvalue weighted by molar-refractivity contribution is 8.03. The number of nitrogens with one attached hydrogen (secondary N) is 1. The number of carbonyl (C=O) groups excluding carboxylic acids is 1. The van der Waals surface area contributed by atoms with Crippen molar-refractivity contribution in [2.24, 2.45) is 0 Å². The fraction of sp³-hybridized carbons (Fsp3) is 0.227. The molecule has 1 N–H and O–H groups in total. The molecule has 0 aliphatic carbocycles. The fourth-order valence-corrected chi connectivity index (χ4v) is 5.32. The average Bonchev–Trinajstić information content (AvgIpc) is 3.20. The minimum Gasteiger partial charge on any atom is -0.348 e. The van der Waals surface area contributed by atoms with E-state index in [4.69, 9.17) is 0 Å². The van der Waals surface area contributed by atoms with Crippen LogP contribution in [0.3, 0.4) is 0 Å². The lowest BCUT2D eigenvalue weighted by molar-refractivity contribution is -0.119. The zero-order valence-electron chi connectivity index (χ0n) is 16.2. The standard InChI is InChI=1S/C22H23N3OS3/c1-16(2)14-27-21-24-25-22(29-21)28-15-20(26)23-19(18-11-7-4-8-12-18)13-17-9-5-3-6-10-17/h3-12,19H,1,13-15H2,2H3,(H,23,26)/t19-/m1/s1. The molecule has 0 aliphatic rings. The number of carbonyl (C=O) groups is 1. The Morgan fingerprint density at radius 1 is 1.00 bits per heavy atom. The predicted molar refractivity (Wildman–Crippen MR) is 124 cm³/mol. The zero-order chi connectivity index (χ0) is 20.5. The molecular formula is C22H23N3OS3. The van der Waals surface area contributed by atoms with E-state index in [2.05, 4.69) is 46.4 Å². The van der Waals surface area contributed by atoms with Crippen LogP contribution in [0.5, 0.6) is 0 Å². The van der Waals surface area contributed by atoms with Crippen LogP contribution >= 0.6 is 34.9 Å². The van der Waals surface area contributed by atoms with E-state index in [1.165, 1.54) is 28.7 Å². The van der Waals surface area contributed by atoms with Crippen LogP contribution in [0.4, 0.5) is 0 Å². The maximum absolute atomic E-state index is 12.6. The normalized spacial score (nSPS) is 11.8. The largest absolute Gasteiger partial charge is 0.348 e. The summed E-state index contributed by atoms with van der Waals surface area (Å²) in [6.45, 7) is 5.89. The van der Waals surface area contributed by atoms with Crippen molar-refractivity contribution in [3.8, 4) is 0 Å². The smallest absolute Gasteiger partial charge is 0.230 e. The van der Waals surface area contributed by atoms with E-state index >= 15 is 0 Å². The number of rotatable bonds is 10. The van der Waals surface area contributed by atoms with Crippen LogP contribution in [-0.4, -0.2) is 27.6 Å². The Morgan fingerprint density at radius 2 is 1.59 bits per heavy atom. The van der Waals surface area contributed by atoms with E-state index in [9.17, 15) is 4.79 Å². The van der Waals surface area contributed by atoms with E-state index in [0.717, 1.165) is 32.0 Å². The summed E-state index contributed by atoms with van der Waals surface area (Å²) in [5.74, 6) is 1.14. The molecule has 1 heterocycles. The van der Waals surface area contributed by atoms with Gasteiger partial charge in [-0.3, -0.25) is 4.79 Å². The van der Waals surface area contributed by atoms with Crippen LogP contribution in [0, 0.1) is 0 Å². The van der Waals surface area contributed by atoms with Gasteiger partial charge in [0.05, 0.1) is 11.8 Å². The molecule has 1 amide bonds. The van der Waals surface area contributed by atoms with Gasteiger partial charge < -0.3 is 5.32 Å². The average molecular weight is 442 g/mol. The van der Waals surface area contributed by atoms with Crippen molar-refractivity contribution in [1.82, 2.24) is 15.5 Å². The SMILES string of the molecule is C=C(C)CSc1nnc(SCC(=O)N[C@H](Cc2ccccc2)c2ccccc2)s1. The van der Waals surface area contributed by atoms with Crippen molar-refractivity contribution in [3.63, 3.8) is 0 Å². The molecule has 0 spiro atoms. The molecule has 0 fully saturated rings. The monoisotopic (exact) mass is 441 g/mol. The Morgan fingerprint density at radius 3 is 2.21 bits per heavy atom. The number of amides is 1. The summed E-state index contributed by atoms with van der Waals surface area (Å²) in [6, 6.07) is 20.2. The molecule has 29 heavy (non-hydrogen) atoms. The third kappa shape index (κ3) is 7.34. The molecule has 0 unspecified atom stereocenters. The molecule has 1 aromatic heterocycles. The number of hydrogen-bond donors (Lipinski definition) is 1. The van der Waals surface area contributed by atoms with Crippen molar-refractivity contribution in [1.29, 1.82) is 0 Å². The van der Waals surface area contributed by atoms with Gasteiger partial charge in [0.25, 0.3) is 0 Å². The summed E-state index contributed by atoms with van der Waals surface area (Å²) in [7, 11) is 0. The van der Waals surface area contributed by atoms with Gasteiger partial charge >= 0.3 is 0 Å². The number of thioether (sulfide) groups is 2. The summed E-state index contributed by atoms with van der Waals surface area (Å²) in [6.07, 6.45) is 0.752. The maximum atomic E-state index is 12.6. The summed E-state index contributed by atoms with van der Waals surface area (Å²) >= 11 is 4.57. The van der Waals surface area contributed by atoms with Gasteiger partial charge in [-0.15, -0.1) is 10.2 Å². The van der Waals surface area contributed by atoms with Crippen molar-refractivity contribution < 1.29 is 4.79 Å². The highest BCUT2D eigenvalue weighted by atomic mass is 32.2. The minimum absolute atomic E-state index is 0.00822. The molecule has 1 atom stereocenters. The summed E-state index contributed by atoms with van der Waals surface area (Å²) in [5, 5.41) is 11.5. The summed E-state index contributed by atoms with van der Waals surface area (Å²) in [5.41, 5.74) is 3.39. The van der Waals surface area contributed by atoms with Gasteiger partial charge in [0.15, 0.2) is 8.68 Å². The lowest BCUT2D eigenvalue weighted by Gasteiger charge is -2.19. The van der Waals surface area contributed by atoms with Crippen LogP contribution in [0.15, 0.2) is 81.5 Å². The number of benzene rings is 2. The van der Waals surface area contributed by atoms with Crippen molar-refractivity contribution in [3.05, 3.63) is 83.9 Å². The fourth-order valence-electron chi connectivity index (χ4n) is 2.65. The van der Waals surface area contributed by atoms with Crippen molar-refractivity contribution in [2.45, 2.75) is 28.1 Å². The highest BCUT2D eigenvalue weighted by Gasteiger charge is 2.16. The highest BCUT2D eigenvalue weighted by Crippen LogP contribution is 2.29. The number of hydrogen-bond acceptors (Lipinski definition) is 6. The number of aromatic nitrogens is 2. The molecule has 150 valence electrons. The zero-order valence-corrected chi connectivity index (χ0v) is 18.7. The third-order valence-corrected chi connectivity index (χ3v) is 7.40. The molecule has 4 nitrogen and oxygen atoms in total. The van der Waals surface area contributed by atoms with Gasteiger partial charge in [0, 0.05) is 5.75 Å². The van der Waals surface area contributed by atoms with Crippen LogP contribution in [0.25, 0.3) is 0 Å². The van der Waals surface area contributed by atoms with Crippen LogP contribution in [0.2, 0.25) is 0 Å². The maximum Gasteiger partial charge on any atom is 0.230 e. The molecule has 0 saturated carbocycles. The second-order valence-electron chi connectivity index (χ2n) is 6.59. The molecule has 3 rings (SSSR count). The van der Waals surface area contributed by atoms with E-state index in [1.54, 1.807) is 11.8 Å². The molecule has 2 aromatic carbocycles. The molecule has 0 radical (unpaired) electrons. The third-order valence-electron chi connectivity index (χ3n) is 3.98. The lowest BCUT2D eigenvalue weighted by Crippen LogP contribution is -2.31. The van der Waals surface area contributed by atoms with Crippen LogP contribution in [-0.2, 0) is 11.2 Å². The van der Waals surface area contributed by atoms with Crippen molar-refractivity contribution >= 4 is 40.8 Å². The molecule has 0 saturated heterocycles. The van der Waals surface area contributed by atoms with E-state index in [0.29, 0.717) is 5.75 Å². The van der Waals surface area contributed by atoms with Gasteiger partial charge in [0.1, 0.15) is 0 Å². The molecular weight excluding hydrogens is 418 g/mol. The van der Waals surface area contributed by atoms with Gasteiger partial charge in [-0.05, 0) is 24.5 Å².